The summed E-state index contributed by atoms with van der Waals surface area (Å²) in [6, 6.07) is 6.86. The fourth-order valence-electron chi connectivity index (χ4n) is 2.09. The van der Waals surface area contributed by atoms with Crippen molar-refractivity contribution in [2.45, 2.75) is 52.2 Å². The molecule has 0 aliphatic heterocycles. The number of nitrogens with two attached hydrogens (primary N) is 1. The topological polar surface area (TPSA) is 69.4 Å². The van der Waals surface area contributed by atoms with Crippen molar-refractivity contribution in [3.8, 4) is 5.75 Å². The van der Waals surface area contributed by atoms with Crippen molar-refractivity contribution in [1.82, 2.24) is 0 Å². The maximum atomic E-state index is 12.0. The summed E-state index contributed by atoms with van der Waals surface area (Å²) in [5.74, 6) is 0.997. The van der Waals surface area contributed by atoms with Crippen LogP contribution in [0.25, 0.3) is 0 Å². The molecular weight excluding hydrogens is 286 g/mol. The Morgan fingerprint density at radius 2 is 1.76 bits per heavy atom. The van der Waals surface area contributed by atoms with Gasteiger partial charge in [0.15, 0.2) is 9.84 Å². The number of sulfone groups is 1. The van der Waals surface area contributed by atoms with Crippen LogP contribution in [0.15, 0.2) is 24.3 Å². The van der Waals surface area contributed by atoms with E-state index in [1.165, 1.54) is 0 Å². The molecule has 0 amide bonds. The SMILES string of the molecule is CCCCCS(=O)(=O)CC(N)c1ccc(OC(C)C)cc1. The van der Waals surface area contributed by atoms with Crippen molar-refractivity contribution in [1.29, 1.82) is 0 Å². The summed E-state index contributed by atoms with van der Waals surface area (Å²) in [7, 11) is -3.09. The van der Waals surface area contributed by atoms with Crippen molar-refractivity contribution in [3.05, 3.63) is 29.8 Å². The van der Waals surface area contributed by atoms with E-state index in [0.717, 1.165) is 24.2 Å². The number of hydrogen-bond acceptors (Lipinski definition) is 4. The Kier molecular flexibility index (Phi) is 7.18. The lowest BCUT2D eigenvalue weighted by molar-refractivity contribution is 0.242. The first-order valence-electron chi connectivity index (χ1n) is 7.56. The van der Waals surface area contributed by atoms with Gasteiger partial charge in [0.2, 0.25) is 0 Å². The monoisotopic (exact) mass is 313 g/mol. The second-order valence-electron chi connectivity index (χ2n) is 5.66. The smallest absolute Gasteiger partial charge is 0.152 e. The molecule has 1 aromatic rings. The normalized spacial score (nSPS) is 13.4. The summed E-state index contributed by atoms with van der Waals surface area (Å²) >= 11 is 0. The zero-order chi connectivity index (χ0) is 15.9. The fraction of sp³-hybridized carbons (Fsp3) is 0.625. The third kappa shape index (κ3) is 6.96. The van der Waals surface area contributed by atoms with Crippen LogP contribution in [-0.2, 0) is 9.84 Å². The van der Waals surface area contributed by atoms with Crippen LogP contribution >= 0.6 is 0 Å². The molecule has 21 heavy (non-hydrogen) atoms. The van der Waals surface area contributed by atoms with E-state index >= 15 is 0 Å². The lowest BCUT2D eigenvalue weighted by atomic mass is 10.1. The van der Waals surface area contributed by atoms with Crippen LogP contribution in [0, 0.1) is 0 Å². The Labute approximate surface area is 128 Å². The van der Waals surface area contributed by atoms with Gasteiger partial charge in [-0.05, 0) is 38.0 Å². The highest BCUT2D eigenvalue weighted by atomic mass is 32.2. The van der Waals surface area contributed by atoms with E-state index in [1.54, 1.807) is 0 Å². The summed E-state index contributed by atoms with van der Waals surface area (Å²) in [6.07, 6.45) is 2.78. The van der Waals surface area contributed by atoms with Gasteiger partial charge in [-0.2, -0.15) is 0 Å². The quantitative estimate of drug-likeness (QED) is 0.711. The maximum absolute atomic E-state index is 12.0. The molecule has 1 rings (SSSR count). The molecule has 4 nitrogen and oxygen atoms in total. The number of ether oxygens (including phenoxy) is 1. The summed E-state index contributed by atoms with van der Waals surface area (Å²) < 4.78 is 29.5. The van der Waals surface area contributed by atoms with Gasteiger partial charge in [-0.25, -0.2) is 8.42 Å². The molecule has 0 radical (unpaired) electrons. The summed E-state index contributed by atoms with van der Waals surface area (Å²) in [6.45, 7) is 5.98. The number of hydrogen-bond donors (Lipinski definition) is 1. The molecule has 0 heterocycles. The van der Waals surface area contributed by atoms with E-state index in [-0.39, 0.29) is 17.6 Å². The molecule has 0 aliphatic rings. The van der Waals surface area contributed by atoms with Crippen molar-refractivity contribution >= 4 is 9.84 Å². The van der Waals surface area contributed by atoms with Crippen LogP contribution in [0.1, 0.15) is 51.6 Å². The minimum absolute atomic E-state index is 0.00109. The van der Waals surface area contributed by atoms with E-state index in [0.29, 0.717) is 6.42 Å². The Hall–Kier alpha value is -1.07. The highest BCUT2D eigenvalue weighted by Crippen LogP contribution is 2.19. The first-order chi connectivity index (χ1) is 9.84. The van der Waals surface area contributed by atoms with Gasteiger partial charge in [0.25, 0.3) is 0 Å². The molecule has 0 saturated heterocycles. The first kappa shape index (κ1) is 18.0. The van der Waals surface area contributed by atoms with Crippen molar-refractivity contribution in [3.63, 3.8) is 0 Å². The molecular formula is C16H27NO3S. The van der Waals surface area contributed by atoms with Gasteiger partial charge >= 0.3 is 0 Å². The Morgan fingerprint density at radius 1 is 1.14 bits per heavy atom. The van der Waals surface area contributed by atoms with Crippen LogP contribution in [-0.4, -0.2) is 26.0 Å². The van der Waals surface area contributed by atoms with E-state index < -0.39 is 15.9 Å². The van der Waals surface area contributed by atoms with Gasteiger partial charge in [-0.1, -0.05) is 31.9 Å². The summed E-state index contributed by atoms with van der Waals surface area (Å²) in [5, 5.41) is 0. The van der Waals surface area contributed by atoms with E-state index in [1.807, 2.05) is 38.1 Å². The van der Waals surface area contributed by atoms with Crippen LogP contribution in [0.3, 0.4) is 0 Å². The largest absolute Gasteiger partial charge is 0.491 e. The van der Waals surface area contributed by atoms with E-state index in [4.69, 9.17) is 10.5 Å². The third-order valence-electron chi connectivity index (χ3n) is 3.17. The average Bonchev–Trinajstić information content (AvgIpc) is 2.38. The van der Waals surface area contributed by atoms with E-state index in [2.05, 4.69) is 6.92 Å². The molecule has 0 saturated carbocycles. The lowest BCUT2D eigenvalue weighted by Gasteiger charge is -2.14. The van der Waals surface area contributed by atoms with Gasteiger partial charge in [0.05, 0.1) is 17.6 Å². The highest BCUT2D eigenvalue weighted by Gasteiger charge is 2.17. The van der Waals surface area contributed by atoms with Crippen LogP contribution in [0.5, 0.6) is 5.75 Å². The zero-order valence-corrected chi connectivity index (χ0v) is 14.0. The fourth-order valence-corrected chi connectivity index (χ4v) is 3.64. The first-order valence-corrected chi connectivity index (χ1v) is 9.39. The molecule has 1 unspecified atom stereocenters. The predicted octanol–water partition coefficient (Wildman–Crippen LogP) is 3.08. The minimum Gasteiger partial charge on any atom is -0.491 e. The second kappa shape index (κ2) is 8.39. The molecule has 0 bridgehead atoms. The van der Waals surface area contributed by atoms with Crippen molar-refractivity contribution in [2.24, 2.45) is 5.73 Å². The summed E-state index contributed by atoms with van der Waals surface area (Å²) in [5.41, 5.74) is 6.84. The zero-order valence-electron chi connectivity index (χ0n) is 13.2. The molecule has 0 aromatic heterocycles. The minimum atomic E-state index is -3.09. The Balaban J connectivity index is 2.60. The third-order valence-corrected chi connectivity index (χ3v) is 4.95. The van der Waals surface area contributed by atoms with Crippen LogP contribution in [0.4, 0.5) is 0 Å². The molecule has 0 fully saturated rings. The molecule has 120 valence electrons. The molecule has 2 N–H and O–H groups in total. The molecule has 0 aliphatic carbocycles. The van der Waals surface area contributed by atoms with Gasteiger partial charge in [0.1, 0.15) is 5.75 Å². The molecule has 1 atom stereocenters. The van der Waals surface area contributed by atoms with E-state index in [9.17, 15) is 8.42 Å². The number of unbranched alkanes of at least 4 members (excludes halogenated alkanes) is 2. The van der Waals surface area contributed by atoms with Crippen LogP contribution < -0.4 is 10.5 Å². The Bertz CT molecular complexity index is 509. The Morgan fingerprint density at radius 3 is 2.29 bits per heavy atom. The van der Waals surface area contributed by atoms with Gasteiger partial charge < -0.3 is 10.5 Å². The average molecular weight is 313 g/mol. The lowest BCUT2D eigenvalue weighted by Crippen LogP contribution is -2.23. The highest BCUT2D eigenvalue weighted by molar-refractivity contribution is 7.91. The van der Waals surface area contributed by atoms with Gasteiger partial charge in [-0.3, -0.25) is 0 Å². The van der Waals surface area contributed by atoms with Gasteiger partial charge in [-0.15, -0.1) is 0 Å². The van der Waals surface area contributed by atoms with Crippen molar-refractivity contribution < 1.29 is 13.2 Å². The molecule has 5 heteroatoms. The molecule has 0 spiro atoms. The number of rotatable bonds is 9. The second-order valence-corrected chi connectivity index (χ2v) is 7.89. The van der Waals surface area contributed by atoms with Gasteiger partial charge in [0, 0.05) is 6.04 Å². The standard InChI is InChI=1S/C16H27NO3S/c1-4-5-6-11-21(18,19)12-16(17)14-7-9-15(10-8-14)20-13(2)3/h7-10,13,16H,4-6,11-12,17H2,1-3H3. The summed E-state index contributed by atoms with van der Waals surface area (Å²) in [4.78, 5) is 0. The number of benzene rings is 1. The predicted molar refractivity (Wildman–Crippen MR) is 87.3 cm³/mol. The maximum Gasteiger partial charge on any atom is 0.152 e. The van der Waals surface area contributed by atoms with Crippen molar-refractivity contribution in [2.75, 3.05) is 11.5 Å². The molecule has 1 aromatic carbocycles. The van der Waals surface area contributed by atoms with Crippen LogP contribution in [0.2, 0.25) is 0 Å².